The molecule has 0 aliphatic carbocycles. The van der Waals surface area contributed by atoms with Crippen molar-refractivity contribution in [1.29, 1.82) is 0 Å². The van der Waals surface area contributed by atoms with Crippen molar-refractivity contribution in [2.45, 2.75) is 38.6 Å². The van der Waals surface area contributed by atoms with E-state index in [-0.39, 0.29) is 17.1 Å². The Morgan fingerprint density at radius 3 is 2.57 bits per heavy atom. The molecule has 30 heavy (non-hydrogen) atoms. The number of aromatic nitrogens is 1. The molecule has 1 fully saturated rings. The maximum absolute atomic E-state index is 13.4. The number of carbonyl (C=O) groups excluding carboxylic acids is 1. The summed E-state index contributed by atoms with van der Waals surface area (Å²) in [5.74, 6) is 0.497. The number of nitrogens with zero attached hydrogens (tertiary/aromatic N) is 1. The first-order chi connectivity index (χ1) is 14.5. The summed E-state index contributed by atoms with van der Waals surface area (Å²) in [6.45, 7) is 6.29. The fraction of sp³-hybridized carbons (Fsp3) is 0.375. The molecule has 158 valence electrons. The molecule has 3 heterocycles. The van der Waals surface area contributed by atoms with Crippen LogP contribution in [0.25, 0.3) is 0 Å². The monoisotopic (exact) mass is 410 g/mol. The number of amides is 1. The predicted octanol–water partition coefficient (Wildman–Crippen LogP) is 4.36. The van der Waals surface area contributed by atoms with E-state index >= 15 is 0 Å². The predicted molar refractivity (Wildman–Crippen MR) is 112 cm³/mol. The van der Waals surface area contributed by atoms with Gasteiger partial charge in [-0.2, -0.15) is 0 Å². The molecule has 4 rings (SSSR count). The van der Waals surface area contributed by atoms with E-state index in [4.69, 9.17) is 9.15 Å². The number of aryl methyl sites for hydroxylation is 1. The highest BCUT2D eigenvalue weighted by Crippen LogP contribution is 2.34. The number of ether oxygens (including phenoxy) is 1. The van der Waals surface area contributed by atoms with Gasteiger partial charge in [0.1, 0.15) is 11.6 Å². The largest absolute Gasteiger partial charge is 0.467 e. The van der Waals surface area contributed by atoms with E-state index in [1.54, 1.807) is 6.26 Å². The Bertz CT molecular complexity index is 1000. The summed E-state index contributed by atoms with van der Waals surface area (Å²) >= 11 is 0. The molecule has 0 radical (unpaired) electrons. The lowest BCUT2D eigenvalue weighted by molar-refractivity contribution is 0.0487. The minimum Gasteiger partial charge on any atom is -0.467 e. The number of carbonyl (C=O) groups is 1. The number of hydrogen-bond donors (Lipinski definition) is 1. The van der Waals surface area contributed by atoms with Crippen molar-refractivity contribution in [3.8, 4) is 0 Å². The Morgan fingerprint density at radius 1 is 1.17 bits per heavy atom. The summed E-state index contributed by atoms with van der Waals surface area (Å²) in [6.07, 6.45) is 3.23. The van der Waals surface area contributed by atoms with Gasteiger partial charge in [-0.15, -0.1) is 0 Å². The fourth-order valence-corrected chi connectivity index (χ4v) is 4.31. The molecule has 1 aliphatic heterocycles. The third-order valence-corrected chi connectivity index (χ3v) is 6.21. The van der Waals surface area contributed by atoms with Crippen LogP contribution < -0.4 is 5.32 Å². The lowest BCUT2D eigenvalue weighted by atomic mass is 9.74. The number of hydrogen-bond acceptors (Lipinski definition) is 3. The second kappa shape index (κ2) is 8.48. The van der Waals surface area contributed by atoms with Gasteiger partial charge in [-0.25, -0.2) is 4.39 Å². The van der Waals surface area contributed by atoms with Crippen molar-refractivity contribution in [3.05, 3.63) is 82.8 Å². The summed E-state index contributed by atoms with van der Waals surface area (Å²) in [7, 11) is 0. The van der Waals surface area contributed by atoms with Gasteiger partial charge >= 0.3 is 0 Å². The molecule has 0 atom stereocenters. The topological polar surface area (TPSA) is 56.4 Å². The van der Waals surface area contributed by atoms with Gasteiger partial charge in [-0.1, -0.05) is 12.1 Å². The average Bonchev–Trinajstić information content (AvgIpc) is 3.37. The fourth-order valence-electron chi connectivity index (χ4n) is 4.31. The molecule has 0 bridgehead atoms. The molecule has 5 nitrogen and oxygen atoms in total. The first-order valence-corrected chi connectivity index (χ1v) is 10.3. The number of nitrogens with one attached hydrogen (secondary N) is 1. The maximum Gasteiger partial charge on any atom is 0.253 e. The van der Waals surface area contributed by atoms with E-state index < -0.39 is 0 Å². The molecule has 1 aliphatic rings. The summed E-state index contributed by atoms with van der Waals surface area (Å²) in [5, 5.41) is 3.14. The van der Waals surface area contributed by atoms with Crippen molar-refractivity contribution in [2.24, 2.45) is 0 Å². The molecule has 0 unspecified atom stereocenters. The van der Waals surface area contributed by atoms with Gasteiger partial charge in [0.15, 0.2) is 0 Å². The maximum atomic E-state index is 13.4. The zero-order chi connectivity index (χ0) is 21.1. The van der Waals surface area contributed by atoms with E-state index in [1.165, 1.54) is 12.1 Å². The van der Waals surface area contributed by atoms with Crippen molar-refractivity contribution >= 4 is 5.91 Å². The number of benzene rings is 1. The Kier molecular flexibility index (Phi) is 5.77. The van der Waals surface area contributed by atoms with Crippen LogP contribution >= 0.6 is 0 Å². The van der Waals surface area contributed by atoms with Crippen LogP contribution in [0.4, 0.5) is 4.39 Å². The van der Waals surface area contributed by atoms with Gasteiger partial charge in [0, 0.05) is 36.6 Å². The summed E-state index contributed by atoms with van der Waals surface area (Å²) < 4.78 is 26.5. The minimum atomic E-state index is -0.256. The second-order valence-electron chi connectivity index (χ2n) is 8.03. The lowest BCUT2D eigenvalue weighted by Crippen LogP contribution is -2.44. The van der Waals surface area contributed by atoms with E-state index in [2.05, 4.69) is 9.88 Å². The van der Waals surface area contributed by atoms with Crippen molar-refractivity contribution in [1.82, 2.24) is 9.88 Å². The van der Waals surface area contributed by atoms with Crippen LogP contribution in [0.5, 0.6) is 0 Å². The van der Waals surface area contributed by atoms with Gasteiger partial charge in [0.25, 0.3) is 5.91 Å². The van der Waals surface area contributed by atoms with Crippen LogP contribution in [0, 0.1) is 19.7 Å². The highest BCUT2D eigenvalue weighted by Gasteiger charge is 2.35. The van der Waals surface area contributed by atoms with Gasteiger partial charge in [-0.3, -0.25) is 4.79 Å². The van der Waals surface area contributed by atoms with Crippen LogP contribution in [-0.4, -0.2) is 30.2 Å². The van der Waals surface area contributed by atoms with Crippen molar-refractivity contribution in [2.75, 3.05) is 19.8 Å². The number of rotatable bonds is 6. The van der Waals surface area contributed by atoms with Crippen LogP contribution in [0.1, 0.15) is 45.9 Å². The van der Waals surface area contributed by atoms with Gasteiger partial charge < -0.3 is 19.0 Å². The lowest BCUT2D eigenvalue weighted by Gasteiger charge is -2.38. The van der Waals surface area contributed by atoms with Crippen molar-refractivity contribution in [3.63, 3.8) is 0 Å². The molecular weight excluding hydrogens is 383 g/mol. The van der Waals surface area contributed by atoms with E-state index in [1.807, 2.05) is 44.2 Å². The van der Waals surface area contributed by atoms with Crippen LogP contribution in [0.2, 0.25) is 0 Å². The third-order valence-electron chi connectivity index (χ3n) is 6.21. The Balaban J connectivity index is 1.52. The molecule has 3 aromatic rings. The SMILES string of the molecule is Cc1cc(C(=O)NCC2(c3ccc(F)cc3)CCOCC2)c(C)n1Cc1ccco1. The first kappa shape index (κ1) is 20.4. The summed E-state index contributed by atoms with van der Waals surface area (Å²) in [6, 6.07) is 12.3. The molecule has 1 amide bonds. The normalized spacial score (nSPS) is 15.8. The zero-order valence-electron chi connectivity index (χ0n) is 17.4. The second-order valence-corrected chi connectivity index (χ2v) is 8.03. The van der Waals surface area contributed by atoms with E-state index in [9.17, 15) is 9.18 Å². The van der Waals surface area contributed by atoms with Gasteiger partial charge in [-0.05, 0) is 62.6 Å². The summed E-state index contributed by atoms with van der Waals surface area (Å²) in [5.41, 5.74) is 3.37. The standard InChI is InChI=1S/C24H27FN2O3/c1-17-14-22(18(2)27(17)15-21-4-3-11-30-21)23(28)26-16-24(9-12-29-13-10-24)19-5-7-20(25)8-6-19/h3-8,11,14H,9-10,12-13,15-16H2,1-2H3,(H,26,28). The van der Waals surface area contributed by atoms with Gasteiger partial charge in [0.05, 0.1) is 18.4 Å². The first-order valence-electron chi connectivity index (χ1n) is 10.3. The minimum absolute atomic E-state index is 0.0956. The number of furan rings is 1. The van der Waals surface area contributed by atoms with E-state index in [0.29, 0.717) is 31.9 Å². The van der Waals surface area contributed by atoms with E-state index in [0.717, 1.165) is 35.6 Å². The molecule has 2 aromatic heterocycles. The zero-order valence-corrected chi connectivity index (χ0v) is 17.4. The molecule has 0 spiro atoms. The Labute approximate surface area is 175 Å². The quantitative estimate of drug-likeness (QED) is 0.657. The highest BCUT2D eigenvalue weighted by atomic mass is 19.1. The third kappa shape index (κ3) is 4.05. The molecule has 6 heteroatoms. The van der Waals surface area contributed by atoms with Gasteiger partial charge in [0.2, 0.25) is 0 Å². The highest BCUT2D eigenvalue weighted by molar-refractivity contribution is 5.95. The van der Waals surface area contributed by atoms with Crippen LogP contribution in [0.15, 0.2) is 53.1 Å². The molecule has 0 saturated carbocycles. The summed E-state index contributed by atoms with van der Waals surface area (Å²) in [4.78, 5) is 13.1. The van der Waals surface area contributed by atoms with Crippen LogP contribution in [0.3, 0.4) is 0 Å². The van der Waals surface area contributed by atoms with Crippen LogP contribution in [-0.2, 0) is 16.7 Å². The molecule has 1 aromatic carbocycles. The molecule has 1 N–H and O–H groups in total. The van der Waals surface area contributed by atoms with Crippen molar-refractivity contribution < 1.29 is 18.3 Å². The smallest absolute Gasteiger partial charge is 0.253 e. The molecular formula is C24H27FN2O3. The Morgan fingerprint density at radius 2 is 1.90 bits per heavy atom. The Hall–Kier alpha value is -2.86. The molecule has 1 saturated heterocycles. The average molecular weight is 410 g/mol. The number of halogens is 1.